The van der Waals surface area contributed by atoms with Gasteiger partial charge < -0.3 is 5.32 Å². The van der Waals surface area contributed by atoms with Gasteiger partial charge in [-0.25, -0.2) is 0 Å². The van der Waals surface area contributed by atoms with Gasteiger partial charge in [-0.2, -0.15) is 0 Å². The van der Waals surface area contributed by atoms with E-state index in [0.29, 0.717) is 11.3 Å². The molecule has 1 unspecified atom stereocenters. The van der Waals surface area contributed by atoms with E-state index in [2.05, 4.69) is 51.2 Å². The summed E-state index contributed by atoms with van der Waals surface area (Å²) in [7, 11) is 0. The van der Waals surface area contributed by atoms with Crippen LogP contribution in [-0.4, -0.2) is 5.37 Å². The van der Waals surface area contributed by atoms with Crippen molar-refractivity contribution in [1.29, 1.82) is 0 Å². The van der Waals surface area contributed by atoms with Crippen molar-refractivity contribution in [1.82, 2.24) is 0 Å². The lowest BCUT2D eigenvalue weighted by atomic mass is 10.0. The van der Waals surface area contributed by atoms with E-state index >= 15 is 0 Å². The largest absolute Gasteiger partial charge is 0.372 e. The zero-order valence-corrected chi connectivity index (χ0v) is 11.4. The van der Waals surface area contributed by atoms with E-state index in [9.17, 15) is 0 Å². The second-order valence-electron chi connectivity index (χ2n) is 5.36. The first kappa shape index (κ1) is 11.8. The Kier molecular flexibility index (Phi) is 3.48. The van der Waals surface area contributed by atoms with Crippen LogP contribution in [0.15, 0.2) is 23.1 Å². The number of benzene rings is 1. The van der Waals surface area contributed by atoms with Gasteiger partial charge in [-0.15, -0.1) is 0 Å². The number of rotatable bonds is 3. The molecule has 0 aliphatic carbocycles. The third kappa shape index (κ3) is 2.54. The minimum atomic E-state index is 0.546. The molecule has 1 aromatic carbocycles. The number of fused-ring (bicyclic) bond motifs is 1. The van der Waals surface area contributed by atoms with Crippen molar-refractivity contribution >= 4 is 17.4 Å². The highest BCUT2D eigenvalue weighted by Gasteiger charge is 2.23. The zero-order chi connectivity index (χ0) is 11.7. The first-order valence-electron chi connectivity index (χ1n) is 6.12. The van der Waals surface area contributed by atoms with Gasteiger partial charge in [0.15, 0.2) is 0 Å². The van der Waals surface area contributed by atoms with Gasteiger partial charge in [-0.05, 0) is 36.0 Å². The monoisotopic (exact) mass is 235 g/mol. The fourth-order valence-corrected chi connectivity index (χ4v) is 3.21. The van der Waals surface area contributed by atoms with Crippen molar-refractivity contribution in [3.8, 4) is 0 Å². The molecule has 1 atom stereocenters. The molecule has 16 heavy (non-hydrogen) atoms. The minimum absolute atomic E-state index is 0.546. The van der Waals surface area contributed by atoms with Crippen molar-refractivity contribution in [2.45, 2.75) is 44.4 Å². The van der Waals surface area contributed by atoms with E-state index in [4.69, 9.17) is 0 Å². The number of anilines is 1. The average molecular weight is 235 g/mol. The number of thioether (sulfide) groups is 1. The highest BCUT2D eigenvalue weighted by atomic mass is 32.2. The van der Waals surface area contributed by atoms with Gasteiger partial charge in [-0.1, -0.05) is 45.5 Å². The molecule has 88 valence electrons. The van der Waals surface area contributed by atoms with Crippen LogP contribution in [-0.2, 0) is 6.42 Å². The van der Waals surface area contributed by atoms with Crippen LogP contribution in [0.2, 0.25) is 0 Å². The maximum atomic E-state index is 3.58. The lowest BCUT2D eigenvalue weighted by molar-refractivity contribution is 0.646. The summed E-state index contributed by atoms with van der Waals surface area (Å²) in [5.74, 6) is 1.41. The fraction of sp³-hybridized carbons (Fsp3) is 0.571. The normalized spacial score (nSPS) is 19.0. The molecule has 0 aromatic heterocycles. The second-order valence-corrected chi connectivity index (χ2v) is 6.54. The first-order chi connectivity index (χ1) is 7.56. The molecule has 0 saturated heterocycles. The zero-order valence-electron chi connectivity index (χ0n) is 10.6. The molecule has 0 spiro atoms. The topological polar surface area (TPSA) is 12.0 Å². The predicted molar refractivity (Wildman–Crippen MR) is 73.1 cm³/mol. The molecule has 2 rings (SSSR count). The summed E-state index contributed by atoms with van der Waals surface area (Å²) in [6.07, 6.45) is 1.18. The van der Waals surface area contributed by atoms with E-state index < -0.39 is 0 Å². The van der Waals surface area contributed by atoms with Crippen molar-refractivity contribution < 1.29 is 0 Å². The standard InChI is InChI=1S/C14H21NS/c1-9(2)7-11-5-6-12-13(8-11)16-14(15-12)10(3)4/h5-6,8-10,14-15H,7H2,1-4H3. The Morgan fingerprint density at radius 1 is 1.25 bits per heavy atom. The lowest BCUT2D eigenvalue weighted by Crippen LogP contribution is -2.16. The van der Waals surface area contributed by atoms with Crippen LogP contribution in [0.5, 0.6) is 0 Å². The molecule has 1 aliphatic rings. The third-order valence-corrected chi connectivity index (χ3v) is 4.35. The van der Waals surface area contributed by atoms with E-state index in [0.717, 1.165) is 5.92 Å². The summed E-state index contributed by atoms with van der Waals surface area (Å²) >= 11 is 1.97. The van der Waals surface area contributed by atoms with Crippen LogP contribution in [0.4, 0.5) is 5.69 Å². The van der Waals surface area contributed by atoms with Gasteiger partial charge >= 0.3 is 0 Å². The number of nitrogens with one attached hydrogen (secondary N) is 1. The average Bonchev–Trinajstić information content (AvgIpc) is 2.59. The Balaban J connectivity index is 2.14. The van der Waals surface area contributed by atoms with Crippen LogP contribution in [0.3, 0.4) is 0 Å². The van der Waals surface area contributed by atoms with Crippen LogP contribution in [0.1, 0.15) is 33.3 Å². The molecular formula is C14H21NS. The molecule has 1 N–H and O–H groups in total. The smallest absolute Gasteiger partial charge is 0.0793 e. The van der Waals surface area contributed by atoms with Gasteiger partial charge in [0.2, 0.25) is 0 Å². The highest BCUT2D eigenvalue weighted by Crippen LogP contribution is 2.41. The summed E-state index contributed by atoms with van der Waals surface area (Å²) in [5.41, 5.74) is 2.78. The van der Waals surface area contributed by atoms with E-state index in [-0.39, 0.29) is 0 Å². The number of hydrogen-bond acceptors (Lipinski definition) is 2. The highest BCUT2D eigenvalue weighted by molar-refractivity contribution is 8.00. The molecule has 0 bridgehead atoms. The van der Waals surface area contributed by atoms with Crippen LogP contribution in [0, 0.1) is 11.8 Å². The Morgan fingerprint density at radius 2 is 2.00 bits per heavy atom. The summed E-state index contributed by atoms with van der Waals surface area (Å²) in [6, 6.07) is 6.85. The third-order valence-electron chi connectivity index (χ3n) is 2.85. The first-order valence-corrected chi connectivity index (χ1v) is 7.00. The molecule has 1 aromatic rings. The Morgan fingerprint density at radius 3 is 2.62 bits per heavy atom. The molecular weight excluding hydrogens is 214 g/mol. The summed E-state index contributed by atoms with van der Waals surface area (Å²) in [4.78, 5) is 1.43. The maximum absolute atomic E-state index is 3.58. The Labute approximate surface area is 103 Å². The lowest BCUT2D eigenvalue weighted by Gasteiger charge is -2.13. The molecule has 1 heterocycles. The molecule has 0 amide bonds. The fourth-order valence-electron chi connectivity index (χ4n) is 2.00. The summed E-state index contributed by atoms with van der Waals surface area (Å²) < 4.78 is 0. The molecule has 0 saturated carbocycles. The SMILES string of the molecule is CC(C)Cc1ccc2c(c1)SC(C(C)C)N2. The van der Waals surface area contributed by atoms with Crippen LogP contribution >= 0.6 is 11.8 Å². The van der Waals surface area contributed by atoms with Crippen molar-refractivity contribution in [3.05, 3.63) is 23.8 Å². The molecule has 1 aliphatic heterocycles. The van der Waals surface area contributed by atoms with Crippen molar-refractivity contribution in [2.75, 3.05) is 5.32 Å². The molecule has 0 fully saturated rings. The van der Waals surface area contributed by atoms with Gasteiger partial charge in [0.05, 0.1) is 5.37 Å². The van der Waals surface area contributed by atoms with Crippen LogP contribution in [0.25, 0.3) is 0 Å². The van der Waals surface area contributed by atoms with Gasteiger partial charge in [0.1, 0.15) is 0 Å². The minimum Gasteiger partial charge on any atom is -0.372 e. The van der Waals surface area contributed by atoms with Crippen molar-refractivity contribution in [3.63, 3.8) is 0 Å². The van der Waals surface area contributed by atoms with Gasteiger partial charge in [0, 0.05) is 10.6 Å². The van der Waals surface area contributed by atoms with E-state index in [1.165, 1.54) is 22.6 Å². The van der Waals surface area contributed by atoms with Gasteiger partial charge in [-0.3, -0.25) is 0 Å². The van der Waals surface area contributed by atoms with Crippen LogP contribution < -0.4 is 5.32 Å². The predicted octanol–water partition coefficient (Wildman–Crippen LogP) is 4.38. The second kappa shape index (κ2) is 4.70. The van der Waals surface area contributed by atoms with E-state index in [1.807, 2.05) is 11.8 Å². The Hall–Kier alpha value is -0.630. The summed E-state index contributed by atoms with van der Waals surface area (Å²) in [5, 5.41) is 4.12. The van der Waals surface area contributed by atoms with Crippen molar-refractivity contribution in [2.24, 2.45) is 11.8 Å². The van der Waals surface area contributed by atoms with E-state index in [1.54, 1.807) is 0 Å². The molecule has 1 nitrogen and oxygen atoms in total. The molecule has 2 heteroatoms. The quantitative estimate of drug-likeness (QED) is 0.834. The maximum Gasteiger partial charge on any atom is 0.0793 e. The summed E-state index contributed by atoms with van der Waals surface area (Å²) in [6.45, 7) is 9.09. The number of hydrogen-bond donors (Lipinski definition) is 1. The molecule has 0 radical (unpaired) electrons. The van der Waals surface area contributed by atoms with Gasteiger partial charge in [0.25, 0.3) is 0 Å². The Bertz CT molecular complexity index is 371.